The number of carbonyl (C=O) groups is 1. The number of allylic oxidation sites excluding steroid dienone is 1. The van der Waals surface area contributed by atoms with Crippen LogP contribution in [0, 0.1) is 12.8 Å². The summed E-state index contributed by atoms with van der Waals surface area (Å²) in [6.07, 6.45) is 11.3. The molecule has 2 aliphatic rings. The van der Waals surface area contributed by atoms with Crippen molar-refractivity contribution in [2.75, 3.05) is 5.32 Å². The highest BCUT2D eigenvalue weighted by Gasteiger charge is 2.40. The highest BCUT2D eigenvalue weighted by Crippen LogP contribution is 2.45. The molecule has 0 amide bonds. The first kappa shape index (κ1) is 21.9. The second-order valence-corrected chi connectivity index (χ2v) is 9.53. The van der Waals surface area contributed by atoms with E-state index in [0.29, 0.717) is 5.78 Å². The van der Waals surface area contributed by atoms with Gasteiger partial charge >= 0.3 is 0 Å². The fourth-order valence-electron chi connectivity index (χ4n) is 5.89. The van der Waals surface area contributed by atoms with Gasteiger partial charge in [0, 0.05) is 17.2 Å². The number of fused-ring (bicyclic) bond motifs is 5. The van der Waals surface area contributed by atoms with Crippen molar-refractivity contribution in [2.45, 2.75) is 91.0 Å². The second-order valence-electron chi connectivity index (χ2n) is 9.53. The number of ketones is 1. The van der Waals surface area contributed by atoms with Gasteiger partial charge in [-0.1, -0.05) is 40.2 Å². The minimum Gasteiger partial charge on any atom is -0.373 e. The Morgan fingerprint density at radius 2 is 2.00 bits per heavy atom. The molecule has 2 heterocycles. The van der Waals surface area contributed by atoms with E-state index in [2.05, 4.69) is 68.3 Å². The van der Waals surface area contributed by atoms with E-state index in [1.54, 1.807) is 0 Å². The quantitative estimate of drug-likeness (QED) is 0.527. The standard InChI is InChI=1S/C27H37N3O/c1-6-10-17(4)26(31)27(7-2,8-3)22-15-23-21(13-18(22)5)19-11-9-12-20-16-28-30-25(20)24(14-19)29-23/h13-17,24,29H,6-12H2,1-5H3,(H,28,30). The number of hydrogen-bond donors (Lipinski definition) is 2. The number of Topliss-reactive ketones (excluding diaryl/α,β-unsaturated/α-hetero) is 1. The van der Waals surface area contributed by atoms with E-state index in [1.807, 2.05) is 6.20 Å². The van der Waals surface area contributed by atoms with Crippen molar-refractivity contribution in [1.29, 1.82) is 0 Å². The molecule has 1 aliphatic carbocycles. The van der Waals surface area contributed by atoms with E-state index in [1.165, 1.54) is 33.5 Å². The molecule has 0 fully saturated rings. The minimum atomic E-state index is -0.414. The number of anilines is 1. The molecule has 1 aromatic carbocycles. The van der Waals surface area contributed by atoms with Crippen LogP contribution in [-0.2, 0) is 16.6 Å². The lowest BCUT2D eigenvalue weighted by Gasteiger charge is -2.37. The van der Waals surface area contributed by atoms with Gasteiger partial charge in [-0.3, -0.25) is 9.89 Å². The van der Waals surface area contributed by atoms with Crippen molar-refractivity contribution < 1.29 is 4.79 Å². The van der Waals surface area contributed by atoms with Crippen LogP contribution in [0.25, 0.3) is 5.57 Å². The van der Waals surface area contributed by atoms with E-state index < -0.39 is 5.41 Å². The molecule has 1 aliphatic heterocycles. The molecule has 0 saturated heterocycles. The normalized spacial score (nSPS) is 18.7. The molecular weight excluding hydrogens is 382 g/mol. The lowest BCUT2D eigenvalue weighted by Crippen LogP contribution is -2.39. The third kappa shape index (κ3) is 3.64. The highest BCUT2D eigenvalue weighted by molar-refractivity contribution is 5.93. The average Bonchev–Trinajstić information content (AvgIpc) is 3.22. The summed E-state index contributed by atoms with van der Waals surface area (Å²) in [5, 5.41) is 11.3. The number of nitrogens with one attached hydrogen (secondary N) is 2. The molecule has 2 unspecified atom stereocenters. The summed E-state index contributed by atoms with van der Waals surface area (Å²) in [6, 6.07) is 4.74. The molecule has 4 nitrogen and oxygen atoms in total. The number of nitrogens with zero attached hydrogens (tertiary/aromatic N) is 1. The molecule has 4 heteroatoms. The van der Waals surface area contributed by atoms with E-state index in [4.69, 9.17) is 0 Å². The van der Waals surface area contributed by atoms with E-state index in [-0.39, 0.29) is 12.0 Å². The first-order chi connectivity index (χ1) is 14.9. The minimum absolute atomic E-state index is 0.0923. The van der Waals surface area contributed by atoms with Gasteiger partial charge in [0.15, 0.2) is 0 Å². The summed E-state index contributed by atoms with van der Waals surface area (Å²) in [6.45, 7) is 10.8. The molecule has 2 atom stereocenters. The smallest absolute Gasteiger partial charge is 0.146 e. The van der Waals surface area contributed by atoms with Gasteiger partial charge in [0.05, 0.1) is 23.3 Å². The highest BCUT2D eigenvalue weighted by atomic mass is 16.1. The number of aromatic nitrogens is 2. The second kappa shape index (κ2) is 8.64. The van der Waals surface area contributed by atoms with Crippen molar-refractivity contribution >= 4 is 17.0 Å². The zero-order valence-corrected chi connectivity index (χ0v) is 19.8. The molecule has 4 rings (SSSR count). The molecule has 0 saturated carbocycles. The monoisotopic (exact) mass is 419 g/mol. The van der Waals surface area contributed by atoms with Gasteiger partial charge in [0.2, 0.25) is 0 Å². The number of aryl methyl sites for hydroxylation is 2. The Morgan fingerprint density at radius 3 is 2.71 bits per heavy atom. The molecule has 0 radical (unpaired) electrons. The fraction of sp³-hybridized carbons (Fsp3) is 0.556. The molecule has 0 spiro atoms. The first-order valence-electron chi connectivity index (χ1n) is 12.1. The van der Waals surface area contributed by atoms with E-state index in [9.17, 15) is 4.79 Å². The van der Waals surface area contributed by atoms with Gasteiger partial charge in [-0.2, -0.15) is 5.10 Å². The lowest BCUT2D eigenvalue weighted by atomic mass is 9.67. The molecule has 2 aromatic rings. The number of benzene rings is 1. The topological polar surface area (TPSA) is 57.8 Å². The van der Waals surface area contributed by atoms with Crippen LogP contribution in [0.3, 0.4) is 0 Å². The zero-order chi connectivity index (χ0) is 22.2. The SMILES string of the molecule is CCCC(C)C(=O)C(CC)(CC)c1cc2c(cc1C)C1=CC(N2)c2[nH]ncc2CCC1. The van der Waals surface area contributed by atoms with Gasteiger partial charge < -0.3 is 5.32 Å². The predicted molar refractivity (Wildman–Crippen MR) is 128 cm³/mol. The molecular formula is C27H37N3O. The summed E-state index contributed by atoms with van der Waals surface area (Å²) >= 11 is 0. The number of rotatable bonds is 7. The molecule has 1 aromatic heterocycles. The number of H-pyrrole nitrogens is 1. The van der Waals surface area contributed by atoms with Crippen molar-refractivity contribution in [1.82, 2.24) is 10.2 Å². The lowest BCUT2D eigenvalue weighted by molar-refractivity contribution is -0.128. The maximum absolute atomic E-state index is 13.7. The Hall–Kier alpha value is -2.36. The Bertz CT molecular complexity index is 996. The molecule has 166 valence electrons. The van der Waals surface area contributed by atoms with Crippen LogP contribution in [-0.4, -0.2) is 16.0 Å². The molecule has 2 bridgehead atoms. The molecule has 2 N–H and O–H groups in total. The summed E-state index contributed by atoms with van der Waals surface area (Å²) in [7, 11) is 0. The van der Waals surface area contributed by atoms with Gasteiger partial charge in [-0.05, 0) is 79.8 Å². The Balaban J connectivity index is 1.80. The van der Waals surface area contributed by atoms with Crippen LogP contribution < -0.4 is 5.32 Å². The number of hydrogen-bond acceptors (Lipinski definition) is 3. The van der Waals surface area contributed by atoms with E-state index in [0.717, 1.165) is 50.6 Å². The zero-order valence-electron chi connectivity index (χ0n) is 19.8. The van der Waals surface area contributed by atoms with Crippen LogP contribution in [0.15, 0.2) is 24.4 Å². The summed E-state index contributed by atoms with van der Waals surface area (Å²) in [4.78, 5) is 13.7. The van der Waals surface area contributed by atoms with Gasteiger partial charge in [0.1, 0.15) is 5.78 Å². The summed E-state index contributed by atoms with van der Waals surface area (Å²) < 4.78 is 0. The van der Waals surface area contributed by atoms with Crippen LogP contribution in [0.4, 0.5) is 5.69 Å². The van der Waals surface area contributed by atoms with E-state index >= 15 is 0 Å². The third-order valence-electron chi connectivity index (χ3n) is 7.71. The number of aromatic amines is 1. The number of carbonyl (C=O) groups excluding carboxylic acids is 1. The Labute approximate surface area is 186 Å². The molecule has 31 heavy (non-hydrogen) atoms. The van der Waals surface area contributed by atoms with Crippen molar-refractivity contribution in [3.8, 4) is 0 Å². The van der Waals surface area contributed by atoms with Gasteiger partial charge in [-0.15, -0.1) is 0 Å². The maximum atomic E-state index is 13.7. The maximum Gasteiger partial charge on any atom is 0.146 e. The van der Waals surface area contributed by atoms with Gasteiger partial charge in [-0.25, -0.2) is 0 Å². The summed E-state index contributed by atoms with van der Waals surface area (Å²) in [5.74, 6) is 0.497. The van der Waals surface area contributed by atoms with Crippen LogP contribution in [0.2, 0.25) is 0 Å². The van der Waals surface area contributed by atoms with Crippen LogP contribution in [0.1, 0.15) is 100 Å². The largest absolute Gasteiger partial charge is 0.373 e. The van der Waals surface area contributed by atoms with Crippen molar-refractivity contribution in [3.63, 3.8) is 0 Å². The Kier molecular flexibility index (Phi) is 6.09. The Morgan fingerprint density at radius 1 is 1.23 bits per heavy atom. The van der Waals surface area contributed by atoms with Crippen molar-refractivity contribution in [3.05, 3.63) is 52.4 Å². The average molecular weight is 420 g/mol. The van der Waals surface area contributed by atoms with Crippen LogP contribution in [0.5, 0.6) is 0 Å². The van der Waals surface area contributed by atoms with Crippen LogP contribution >= 0.6 is 0 Å². The van der Waals surface area contributed by atoms with Crippen molar-refractivity contribution in [2.24, 2.45) is 5.92 Å². The van der Waals surface area contributed by atoms with Gasteiger partial charge in [0.25, 0.3) is 0 Å². The first-order valence-corrected chi connectivity index (χ1v) is 12.1. The fourth-order valence-corrected chi connectivity index (χ4v) is 5.89. The summed E-state index contributed by atoms with van der Waals surface area (Å²) in [5.41, 5.74) is 8.39. The third-order valence-corrected chi connectivity index (χ3v) is 7.71. The predicted octanol–water partition coefficient (Wildman–Crippen LogP) is 6.67.